The molecule has 1 fully saturated rings. The Kier molecular flexibility index (Phi) is 3.07. The van der Waals surface area contributed by atoms with Crippen molar-refractivity contribution in [3.63, 3.8) is 0 Å². The fourth-order valence-corrected chi connectivity index (χ4v) is 2.98. The highest BCUT2D eigenvalue weighted by molar-refractivity contribution is 9.10. The Morgan fingerprint density at radius 1 is 1.44 bits per heavy atom. The molecule has 2 aliphatic carbocycles. The van der Waals surface area contributed by atoms with E-state index in [2.05, 4.69) is 38.6 Å². The van der Waals surface area contributed by atoms with Crippen LogP contribution in [0.1, 0.15) is 23.4 Å². The number of allylic oxidation sites excluding steroid dienone is 2. The van der Waals surface area contributed by atoms with Gasteiger partial charge in [-0.05, 0) is 52.7 Å². The molecule has 4 nitrogen and oxygen atoms in total. The number of nitrogens with one attached hydrogen (secondary N) is 1. The Hall–Kier alpha value is -1.36. The second kappa shape index (κ2) is 4.72. The lowest BCUT2D eigenvalue weighted by Crippen LogP contribution is -2.18. The zero-order valence-corrected chi connectivity index (χ0v) is 11.3. The van der Waals surface area contributed by atoms with E-state index in [4.69, 9.17) is 4.42 Å². The molecule has 1 amide bonds. The van der Waals surface area contributed by atoms with Crippen LogP contribution < -0.4 is 5.43 Å². The van der Waals surface area contributed by atoms with Gasteiger partial charge in [0.2, 0.25) is 0 Å². The summed E-state index contributed by atoms with van der Waals surface area (Å²) in [6.45, 7) is 0. The maximum Gasteiger partial charge on any atom is 0.307 e. The zero-order valence-electron chi connectivity index (χ0n) is 9.67. The van der Waals surface area contributed by atoms with Crippen molar-refractivity contribution in [1.29, 1.82) is 0 Å². The first-order chi connectivity index (χ1) is 8.72. The van der Waals surface area contributed by atoms with Gasteiger partial charge in [0.25, 0.3) is 0 Å². The third kappa shape index (κ3) is 2.27. The van der Waals surface area contributed by atoms with Crippen LogP contribution in [0.15, 0.2) is 38.5 Å². The molecule has 0 spiro atoms. The van der Waals surface area contributed by atoms with Crippen LogP contribution in [0.3, 0.4) is 0 Å². The lowest BCUT2D eigenvalue weighted by Gasteiger charge is -2.11. The number of amides is 1. The first-order valence-corrected chi connectivity index (χ1v) is 6.79. The fourth-order valence-electron chi connectivity index (χ4n) is 2.68. The molecule has 1 heterocycles. The molecule has 1 N–H and O–H groups in total. The molecule has 0 aromatic carbocycles. The molecule has 0 radical (unpaired) electrons. The first kappa shape index (κ1) is 11.7. The minimum absolute atomic E-state index is 0.256. The second-order valence-electron chi connectivity index (χ2n) is 4.77. The van der Waals surface area contributed by atoms with Crippen LogP contribution in [-0.2, 0) is 0 Å². The number of fused-ring (bicyclic) bond motifs is 2. The van der Waals surface area contributed by atoms with Gasteiger partial charge in [0.05, 0.1) is 0 Å². The predicted octanol–water partition coefficient (Wildman–Crippen LogP) is 2.97. The van der Waals surface area contributed by atoms with Crippen LogP contribution in [-0.4, -0.2) is 12.1 Å². The number of nitrogens with zero attached hydrogens (tertiary/aromatic N) is 1. The number of hydrogen-bond acceptors (Lipinski definition) is 3. The van der Waals surface area contributed by atoms with Crippen molar-refractivity contribution in [2.75, 3.05) is 0 Å². The monoisotopic (exact) mass is 308 g/mol. The van der Waals surface area contributed by atoms with Gasteiger partial charge in [0.15, 0.2) is 10.4 Å². The fraction of sp³-hybridized carbons (Fsp3) is 0.385. The average molecular weight is 309 g/mol. The lowest BCUT2D eigenvalue weighted by molar-refractivity contribution is 0.0926. The van der Waals surface area contributed by atoms with Gasteiger partial charge in [-0.1, -0.05) is 12.2 Å². The normalized spacial score (nSPS) is 29.3. The van der Waals surface area contributed by atoms with E-state index in [1.165, 1.54) is 6.42 Å². The highest BCUT2D eigenvalue weighted by Gasteiger charge is 2.34. The van der Waals surface area contributed by atoms with Crippen LogP contribution >= 0.6 is 15.9 Å². The quantitative estimate of drug-likeness (QED) is 0.530. The molecular weight excluding hydrogens is 296 g/mol. The molecule has 1 aromatic rings. The van der Waals surface area contributed by atoms with Gasteiger partial charge in [0.1, 0.15) is 0 Å². The van der Waals surface area contributed by atoms with Gasteiger partial charge in [-0.25, -0.2) is 5.43 Å². The summed E-state index contributed by atoms with van der Waals surface area (Å²) < 4.78 is 5.67. The van der Waals surface area contributed by atoms with E-state index in [1.807, 2.05) is 6.21 Å². The number of carbonyl (C=O) groups is 1. The van der Waals surface area contributed by atoms with Crippen molar-refractivity contribution in [2.24, 2.45) is 22.9 Å². The maximum atomic E-state index is 11.6. The van der Waals surface area contributed by atoms with Gasteiger partial charge < -0.3 is 4.42 Å². The molecule has 3 rings (SSSR count). The molecule has 3 unspecified atom stereocenters. The zero-order chi connectivity index (χ0) is 12.5. The van der Waals surface area contributed by atoms with Gasteiger partial charge >= 0.3 is 5.91 Å². The summed E-state index contributed by atoms with van der Waals surface area (Å²) in [6, 6.07) is 3.29. The van der Waals surface area contributed by atoms with Gasteiger partial charge in [0, 0.05) is 12.1 Å². The smallest absolute Gasteiger partial charge is 0.307 e. The molecule has 2 bridgehead atoms. The van der Waals surface area contributed by atoms with E-state index in [1.54, 1.807) is 12.1 Å². The van der Waals surface area contributed by atoms with Crippen LogP contribution in [0.5, 0.6) is 0 Å². The molecule has 2 aliphatic rings. The third-order valence-electron chi connectivity index (χ3n) is 3.56. The third-order valence-corrected chi connectivity index (χ3v) is 3.99. The van der Waals surface area contributed by atoms with E-state index < -0.39 is 0 Å². The Morgan fingerprint density at radius 3 is 2.94 bits per heavy atom. The van der Waals surface area contributed by atoms with Crippen molar-refractivity contribution < 1.29 is 9.21 Å². The van der Waals surface area contributed by atoms with Crippen molar-refractivity contribution in [2.45, 2.75) is 12.8 Å². The Balaban J connectivity index is 1.55. The first-order valence-electron chi connectivity index (χ1n) is 5.99. The molecule has 5 heteroatoms. The summed E-state index contributed by atoms with van der Waals surface area (Å²) in [5.41, 5.74) is 2.49. The van der Waals surface area contributed by atoms with E-state index in [-0.39, 0.29) is 11.7 Å². The molecule has 0 aliphatic heterocycles. The van der Waals surface area contributed by atoms with Crippen LogP contribution in [0, 0.1) is 17.8 Å². The largest absolute Gasteiger partial charge is 0.444 e. The standard InChI is InChI=1S/C13H13BrN2O2/c14-12-4-3-11(18-12)13(17)16-15-7-10-6-8-1-2-9(10)5-8/h1-4,7-10H,5-6H2,(H,16,17). The number of halogens is 1. The van der Waals surface area contributed by atoms with Gasteiger partial charge in [-0.15, -0.1) is 0 Å². The van der Waals surface area contributed by atoms with E-state index in [9.17, 15) is 4.79 Å². The topological polar surface area (TPSA) is 54.6 Å². The number of furan rings is 1. The summed E-state index contributed by atoms with van der Waals surface area (Å²) in [6.07, 6.45) is 8.77. The van der Waals surface area contributed by atoms with Crippen molar-refractivity contribution in [3.8, 4) is 0 Å². The van der Waals surface area contributed by atoms with E-state index in [0.29, 0.717) is 22.4 Å². The number of hydrazone groups is 1. The summed E-state index contributed by atoms with van der Waals surface area (Å²) in [5.74, 6) is 1.71. The summed E-state index contributed by atoms with van der Waals surface area (Å²) in [5, 5.41) is 4.02. The highest BCUT2D eigenvalue weighted by atomic mass is 79.9. The average Bonchev–Trinajstić information content (AvgIpc) is 3.04. The van der Waals surface area contributed by atoms with E-state index in [0.717, 1.165) is 6.42 Å². The van der Waals surface area contributed by atoms with E-state index >= 15 is 0 Å². The molecule has 18 heavy (non-hydrogen) atoms. The molecule has 1 aromatic heterocycles. The van der Waals surface area contributed by atoms with Crippen LogP contribution in [0.25, 0.3) is 0 Å². The van der Waals surface area contributed by atoms with Gasteiger partial charge in [-0.3, -0.25) is 4.79 Å². The number of hydrogen-bond donors (Lipinski definition) is 1. The molecule has 3 atom stereocenters. The molecule has 94 valence electrons. The van der Waals surface area contributed by atoms with Crippen molar-refractivity contribution in [3.05, 3.63) is 34.7 Å². The summed E-state index contributed by atoms with van der Waals surface area (Å²) >= 11 is 3.15. The second-order valence-corrected chi connectivity index (χ2v) is 5.55. The molecular formula is C13H13BrN2O2. The van der Waals surface area contributed by atoms with Gasteiger partial charge in [-0.2, -0.15) is 5.10 Å². The Labute approximate surface area is 113 Å². The minimum atomic E-state index is -0.323. The minimum Gasteiger partial charge on any atom is -0.444 e. The molecule has 1 saturated carbocycles. The Bertz CT molecular complexity index is 521. The molecule has 0 saturated heterocycles. The Morgan fingerprint density at radius 2 is 2.33 bits per heavy atom. The summed E-state index contributed by atoms with van der Waals surface area (Å²) in [7, 11) is 0. The SMILES string of the molecule is O=C(NN=CC1CC2C=CC1C2)c1ccc(Br)o1. The number of carbonyl (C=O) groups excluding carboxylic acids is 1. The van der Waals surface area contributed by atoms with Crippen molar-refractivity contribution in [1.82, 2.24) is 5.43 Å². The highest BCUT2D eigenvalue weighted by Crippen LogP contribution is 2.42. The van der Waals surface area contributed by atoms with Crippen LogP contribution in [0.4, 0.5) is 0 Å². The van der Waals surface area contributed by atoms with Crippen LogP contribution in [0.2, 0.25) is 0 Å². The lowest BCUT2D eigenvalue weighted by atomic mass is 9.95. The maximum absolute atomic E-state index is 11.6. The number of rotatable bonds is 3. The van der Waals surface area contributed by atoms with Crippen molar-refractivity contribution >= 4 is 28.1 Å². The summed E-state index contributed by atoms with van der Waals surface area (Å²) in [4.78, 5) is 11.6. The predicted molar refractivity (Wildman–Crippen MR) is 71.2 cm³/mol.